The minimum absolute atomic E-state index is 0.0496. The fourth-order valence-corrected chi connectivity index (χ4v) is 2.35. The largest absolute Gasteiger partial charge is 0.342 e. The number of aryl methyl sites for hydroxylation is 1. The zero-order chi connectivity index (χ0) is 13.3. The van der Waals surface area contributed by atoms with E-state index in [2.05, 4.69) is 28.1 Å². The van der Waals surface area contributed by atoms with Crippen molar-refractivity contribution < 1.29 is 4.79 Å². The number of nitrogens with zero attached hydrogens (tertiary/aromatic N) is 1. The summed E-state index contributed by atoms with van der Waals surface area (Å²) in [6.45, 7) is 6.92. The van der Waals surface area contributed by atoms with E-state index in [0.29, 0.717) is 6.54 Å². The fourth-order valence-electron chi connectivity index (χ4n) is 2.35. The highest BCUT2D eigenvalue weighted by Crippen LogP contribution is 2.31. The molecule has 0 saturated heterocycles. The Bertz CT molecular complexity index is 599. The quantitative estimate of drug-likeness (QED) is 0.870. The second-order valence-electron chi connectivity index (χ2n) is 4.60. The molecule has 1 aromatic carbocycles. The lowest BCUT2D eigenvalue weighted by atomic mass is 10.1. The second-order valence-corrected chi connectivity index (χ2v) is 4.60. The van der Waals surface area contributed by atoms with Gasteiger partial charge in [-0.1, -0.05) is 11.6 Å². The van der Waals surface area contributed by atoms with Gasteiger partial charge >= 0.3 is 0 Å². The number of nitrogens with two attached hydrogens (primary N) is 1. The van der Waals surface area contributed by atoms with Gasteiger partial charge in [0.25, 0.3) is 0 Å². The fraction of sp³-hybridized carbons (Fsp3) is 0.357. The summed E-state index contributed by atoms with van der Waals surface area (Å²) in [7, 11) is 0. The van der Waals surface area contributed by atoms with Crippen LogP contribution in [0.4, 0.5) is 5.69 Å². The van der Waals surface area contributed by atoms with E-state index in [9.17, 15) is 4.79 Å². The number of amides is 1. The maximum atomic E-state index is 11.3. The Morgan fingerprint density at radius 1 is 1.39 bits per heavy atom. The number of rotatable bonds is 3. The lowest BCUT2D eigenvalue weighted by Gasteiger charge is -2.06. The first-order chi connectivity index (χ1) is 8.54. The van der Waals surface area contributed by atoms with Crippen LogP contribution < -0.4 is 11.1 Å². The van der Waals surface area contributed by atoms with Crippen LogP contribution in [0, 0.1) is 13.8 Å². The predicted octanol–water partition coefficient (Wildman–Crippen LogP) is 2.18. The van der Waals surface area contributed by atoms with Crippen molar-refractivity contribution in [3.8, 4) is 0 Å². The van der Waals surface area contributed by atoms with E-state index in [-0.39, 0.29) is 5.91 Å². The molecule has 0 bridgehead atoms. The monoisotopic (exact) mass is 245 g/mol. The molecule has 0 atom stereocenters. The van der Waals surface area contributed by atoms with Gasteiger partial charge in [-0.2, -0.15) is 0 Å². The van der Waals surface area contributed by atoms with Crippen molar-refractivity contribution in [2.45, 2.75) is 27.3 Å². The van der Waals surface area contributed by atoms with Crippen LogP contribution in [0.3, 0.4) is 0 Å². The number of benzene rings is 1. The highest BCUT2D eigenvalue weighted by Gasteiger charge is 2.14. The summed E-state index contributed by atoms with van der Waals surface area (Å²) in [5, 5.41) is 4.00. The number of aromatic nitrogens is 1. The number of fused-ring (bicyclic) bond motifs is 1. The summed E-state index contributed by atoms with van der Waals surface area (Å²) in [6, 6.07) is 6.26. The molecule has 0 aliphatic carbocycles. The summed E-state index contributed by atoms with van der Waals surface area (Å²) in [4.78, 5) is 11.3. The Morgan fingerprint density at radius 2 is 2.11 bits per heavy atom. The van der Waals surface area contributed by atoms with Crippen molar-refractivity contribution in [3.05, 3.63) is 29.5 Å². The van der Waals surface area contributed by atoms with Gasteiger partial charge in [-0.25, -0.2) is 0 Å². The minimum Gasteiger partial charge on any atom is -0.342 e. The normalized spacial score (nSPS) is 10.9. The van der Waals surface area contributed by atoms with Crippen molar-refractivity contribution in [3.63, 3.8) is 0 Å². The molecule has 0 spiro atoms. The Balaban J connectivity index is 2.70. The van der Waals surface area contributed by atoms with Gasteiger partial charge in [-0.3, -0.25) is 4.79 Å². The number of anilines is 1. The second kappa shape index (κ2) is 4.82. The number of hydrogen-bond donors (Lipinski definition) is 2. The smallest absolute Gasteiger partial charge is 0.221 e. The molecule has 1 aromatic heterocycles. The molecule has 1 heterocycles. The first kappa shape index (κ1) is 12.6. The zero-order valence-corrected chi connectivity index (χ0v) is 11.1. The van der Waals surface area contributed by atoms with E-state index in [0.717, 1.165) is 28.8 Å². The standard InChI is InChI=1S/C14H19N3O/c1-9-4-5-13-12(8-9)14(16-11(3)18)10(2)17(13)7-6-15/h4-5,8H,6-7,15H2,1-3H3,(H,16,18). The molecular formula is C14H19N3O. The van der Waals surface area contributed by atoms with Crippen LogP contribution in [0.1, 0.15) is 18.2 Å². The van der Waals surface area contributed by atoms with E-state index in [4.69, 9.17) is 5.73 Å². The van der Waals surface area contributed by atoms with Gasteiger partial charge in [0.2, 0.25) is 5.91 Å². The summed E-state index contributed by atoms with van der Waals surface area (Å²) in [5.74, 6) is -0.0496. The Morgan fingerprint density at radius 3 is 2.72 bits per heavy atom. The summed E-state index contributed by atoms with van der Waals surface area (Å²) in [5.41, 5.74) is 9.90. The van der Waals surface area contributed by atoms with E-state index < -0.39 is 0 Å². The molecule has 2 rings (SSSR count). The van der Waals surface area contributed by atoms with Crippen LogP contribution in [0.15, 0.2) is 18.2 Å². The lowest BCUT2D eigenvalue weighted by molar-refractivity contribution is -0.114. The van der Waals surface area contributed by atoms with Gasteiger partial charge in [0.15, 0.2) is 0 Å². The molecule has 18 heavy (non-hydrogen) atoms. The van der Waals surface area contributed by atoms with Crippen LogP contribution >= 0.6 is 0 Å². The molecule has 0 fully saturated rings. The molecule has 3 N–H and O–H groups in total. The molecule has 0 saturated carbocycles. The highest BCUT2D eigenvalue weighted by atomic mass is 16.1. The van der Waals surface area contributed by atoms with Crippen molar-refractivity contribution in [1.29, 1.82) is 0 Å². The van der Waals surface area contributed by atoms with Crippen molar-refractivity contribution >= 4 is 22.5 Å². The van der Waals surface area contributed by atoms with Gasteiger partial charge in [0, 0.05) is 31.1 Å². The third kappa shape index (κ3) is 2.11. The number of carbonyl (C=O) groups is 1. The first-order valence-electron chi connectivity index (χ1n) is 6.11. The van der Waals surface area contributed by atoms with Crippen molar-refractivity contribution in [2.75, 3.05) is 11.9 Å². The third-order valence-corrected chi connectivity index (χ3v) is 3.13. The number of nitrogens with one attached hydrogen (secondary N) is 1. The van der Waals surface area contributed by atoms with Gasteiger partial charge in [0.1, 0.15) is 0 Å². The Kier molecular flexibility index (Phi) is 3.39. The molecule has 1 amide bonds. The third-order valence-electron chi connectivity index (χ3n) is 3.13. The molecule has 0 radical (unpaired) electrons. The van der Waals surface area contributed by atoms with Crippen LogP contribution in [0.5, 0.6) is 0 Å². The topological polar surface area (TPSA) is 60.0 Å². The summed E-state index contributed by atoms with van der Waals surface area (Å²) < 4.78 is 2.15. The van der Waals surface area contributed by atoms with Gasteiger partial charge in [0.05, 0.1) is 11.2 Å². The lowest BCUT2D eigenvalue weighted by Crippen LogP contribution is -2.12. The number of hydrogen-bond acceptors (Lipinski definition) is 2. The van der Waals surface area contributed by atoms with E-state index in [1.807, 2.05) is 13.8 Å². The SMILES string of the molecule is CC(=O)Nc1c(C)n(CCN)c2ccc(C)cc12. The van der Waals surface area contributed by atoms with Crippen LogP contribution in [0.2, 0.25) is 0 Å². The van der Waals surface area contributed by atoms with E-state index in [1.165, 1.54) is 12.5 Å². The van der Waals surface area contributed by atoms with E-state index in [1.54, 1.807) is 0 Å². The molecule has 2 aromatic rings. The maximum absolute atomic E-state index is 11.3. The zero-order valence-electron chi connectivity index (χ0n) is 11.1. The average molecular weight is 245 g/mol. The molecule has 0 aliphatic rings. The van der Waals surface area contributed by atoms with Gasteiger partial charge < -0.3 is 15.6 Å². The predicted molar refractivity (Wildman–Crippen MR) is 74.8 cm³/mol. The highest BCUT2D eigenvalue weighted by molar-refractivity contribution is 6.03. The minimum atomic E-state index is -0.0496. The molecule has 96 valence electrons. The maximum Gasteiger partial charge on any atom is 0.221 e. The molecular weight excluding hydrogens is 226 g/mol. The number of carbonyl (C=O) groups excluding carboxylic acids is 1. The average Bonchev–Trinajstić information content (AvgIpc) is 2.54. The summed E-state index contributed by atoms with van der Waals surface area (Å²) >= 11 is 0. The Hall–Kier alpha value is -1.81. The van der Waals surface area contributed by atoms with Crippen molar-refractivity contribution in [1.82, 2.24) is 4.57 Å². The van der Waals surface area contributed by atoms with Crippen LogP contribution in [0.25, 0.3) is 10.9 Å². The summed E-state index contributed by atoms with van der Waals surface area (Å²) in [6.07, 6.45) is 0. The molecule has 4 nitrogen and oxygen atoms in total. The molecule has 4 heteroatoms. The molecule has 0 unspecified atom stereocenters. The molecule has 0 aliphatic heterocycles. The first-order valence-corrected chi connectivity index (χ1v) is 6.11. The van der Waals surface area contributed by atoms with E-state index >= 15 is 0 Å². The van der Waals surface area contributed by atoms with Gasteiger partial charge in [-0.15, -0.1) is 0 Å². The Labute approximate surface area is 107 Å². The van der Waals surface area contributed by atoms with Gasteiger partial charge in [-0.05, 0) is 26.0 Å². The van der Waals surface area contributed by atoms with Crippen LogP contribution in [-0.2, 0) is 11.3 Å². The van der Waals surface area contributed by atoms with Crippen LogP contribution in [-0.4, -0.2) is 17.0 Å². The van der Waals surface area contributed by atoms with Crippen molar-refractivity contribution in [2.24, 2.45) is 5.73 Å².